The quantitative estimate of drug-likeness (QED) is 0.392. The highest BCUT2D eigenvalue weighted by molar-refractivity contribution is 14.1. The van der Waals surface area contributed by atoms with E-state index in [0.29, 0.717) is 27.4 Å². The van der Waals surface area contributed by atoms with Crippen molar-refractivity contribution in [2.24, 2.45) is 5.10 Å². The van der Waals surface area contributed by atoms with Crippen LogP contribution in [0.25, 0.3) is 0 Å². The maximum Gasteiger partial charge on any atom is 0.171 e. The van der Waals surface area contributed by atoms with Gasteiger partial charge in [-0.3, -0.25) is 0 Å². The number of nitrogens with zero attached hydrogens (tertiary/aromatic N) is 1. The van der Waals surface area contributed by atoms with E-state index in [0.717, 1.165) is 11.1 Å². The predicted octanol–water partition coefficient (Wildman–Crippen LogP) is 3.15. The van der Waals surface area contributed by atoms with Crippen molar-refractivity contribution in [3.63, 3.8) is 0 Å². The summed E-state index contributed by atoms with van der Waals surface area (Å²) >= 11 is 2.05. The minimum absolute atomic E-state index is 0.133. The lowest BCUT2D eigenvalue weighted by atomic mass is 10.2. The van der Waals surface area contributed by atoms with Crippen LogP contribution >= 0.6 is 22.6 Å². The van der Waals surface area contributed by atoms with Crippen LogP contribution in [0.3, 0.4) is 0 Å². The normalized spacial score (nSPS) is 10.7. The van der Waals surface area contributed by atoms with Crippen molar-refractivity contribution in [1.29, 1.82) is 0 Å². The molecule has 7 heteroatoms. The van der Waals surface area contributed by atoms with E-state index in [4.69, 9.17) is 14.2 Å². The maximum absolute atomic E-state index is 9.82. The first-order valence-corrected chi connectivity index (χ1v) is 8.20. The van der Waals surface area contributed by atoms with Gasteiger partial charge in [-0.2, -0.15) is 5.10 Å². The number of halogens is 1. The topological polar surface area (TPSA) is 72.3 Å². The number of phenols is 1. The third-order valence-corrected chi connectivity index (χ3v) is 4.13. The van der Waals surface area contributed by atoms with Gasteiger partial charge >= 0.3 is 0 Å². The van der Waals surface area contributed by atoms with E-state index in [1.54, 1.807) is 26.5 Å². The maximum atomic E-state index is 9.82. The third kappa shape index (κ3) is 4.44. The van der Waals surface area contributed by atoms with Crippen LogP contribution in [0.5, 0.6) is 23.0 Å². The van der Waals surface area contributed by atoms with Gasteiger partial charge in [-0.05, 0) is 58.0 Å². The summed E-state index contributed by atoms with van der Waals surface area (Å²) in [7, 11) is 4.72. The van der Waals surface area contributed by atoms with Gasteiger partial charge in [-0.15, -0.1) is 0 Å². The molecule has 2 aromatic carbocycles. The van der Waals surface area contributed by atoms with Crippen molar-refractivity contribution >= 4 is 28.8 Å². The summed E-state index contributed by atoms with van der Waals surface area (Å²) in [6.45, 7) is 0.545. The Balaban J connectivity index is 2.01. The molecule has 128 valence electrons. The van der Waals surface area contributed by atoms with Crippen LogP contribution in [0.4, 0.5) is 0 Å². The molecule has 0 atom stereocenters. The van der Waals surface area contributed by atoms with Gasteiger partial charge in [-0.25, -0.2) is 0 Å². The number of hydrogen-bond donors (Lipinski definition) is 2. The minimum atomic E-state index is 0.133. The summed E-state index contributed by atoms with van der Waals surface area (Å²) in [6.07, 6.45) is 1.67. The van der Waals surface area contributed by atoms with Crippen molar-refractivity contribution in [3.05, 3.63) is 45.0 Å². The molecule has 0 amide bonds. The average Bonchev–Trinajstić information content (AvgIpc) is 2.61. The molecule has 0 aliphatic carbocycles. The fourth-order valence-corrected chi connectivity index (χ4v) is 2.70. The van der Waals surface area contributed by atoms with Crippen molar-refractivity contribution in [3.8, 4) is 23.0 Å². The zero-order valence-electron chi connectivity index (χ0n) is 13.7. The van der Waals surface area contributed by atoms with Crippen LogP contribution in [0.1, 0.15) is 11.1 Å². The SMILES string of the molecule is COc1ccc(CN/N=C\c2cc(I)c(O)c(OC)c2)cc1OC. The van der Waals surface area contributed by atoms with E-state index in [9.17, 15) is 5.11 Å². The smallest absolute Gasteiger partial charge is 0.171 e. The Labute approximate surface area is 154 Å². The lowest BCUT2D eigenvalue weighted by molar-refractivity contribution is 0.354. The Bertz CT molecular complexity index is 735. The molecule has 0 saturated heterocycles. The number of ether oxygens (including phenoxy) is 3. The summed E-state index contributed by atoms with van der Waals surface area (Å²) in [5.41, 5.74) is 4.82. The van der Waals surface area contributed by atoms with Gasteiger partial charge in [-0.1, -0.05) is 6.07 Å². The molecule has 0 radical (unpaired) electrons. The first kappa shape index (κ1) is 18.2. The van der Waals surface area contributed by atoms with E-state index in [-0.39, 0.29) is 5.75 Å². The molecule has 0 spiro atoms. The lowest BCUT2D eigenvalue weighted by Gasteiger charge is -2.09. The largest absolute Gasteiger partial charge is 0.504 e. The van der Waals surface area contributed by atoms with Crippen LogP contribution in [-0.4, -0.2) is 32.7 Å². The van der Waals surface area contributed by atoms with Crippen molar-refractivity contribution in [1.82, 2.24) is 5.43 Å². The number of nitrogens with one attached hydrogen (secondary N) is 1. The van der Waals surface area contributed by atoms with Crippen LogP contribution in [0.2, 0.25) is 0 Å². The van der Waals surface area contributed by atoms with E-state index in [2.05, 4.69) is 10.5 Å². The van der Waals surface area contributed by atoms with E-state index in [1.165, 1.54) is 7.11 Å². The average molecular weight is 442 g/mol. The van der Waals surface area contributed by atoms with Crippen LogP contribution < -0.4 is 19.6 Å². The third-order valence-electron chi connectivity index (χ3n) is 3.31. The molecule has 0 heterocycles. The number of hydrogen-bond acceptors (Lipinski definition) is 6. The van der Waals surface area contributed by atoms with Crippen LogP contribution in [0.15, 0.2) is 35.4 Å². The second kappa shape index (κ2) is 8.62. The molecule has 2 N–H and O–H groups in total. The first-order chi connectivity index (χ1) is 11.6. The molecule has 0 aromatic heterocycles. The minimum Gasteiger partial charge on any atom is -0.504 e. The summed E-state index contributed by atoms with van der Waals surface area (Å²) in [5, 5.41) is 14.0. The van der Waals surface area contributed by atoms with Crippen LogP contribution in [0, 0.1) is 3.57 Å². The summed E-state index contributed by atoms with van der Waals surface area (Å²) in [6, 6.07) is 9.23. The Kier molecular flexibility index (Phi) is 6.53. The molecule has 2 aromatic rings. The number of phenolic OH excluding ortho intramolecular Hbond substituents is 1. The molecular weight excluding hydrogens is 423 g/mol. The molecule has 2 rings (SSSR count). The first-order valence-electron chi connectivity index (χ1n) is 7.12. The Hall–Kier alpha value is -2.16. The molecule has 0 bridgehead atoms. The number of rotatable bonds is 7. The highest BCUT2D eigenvalue weighted by atomic mass is 127. The van der Waals surface area contributed by atoms with Gasteiger partial charge in [0.15, 0.2) is 23.0 Å². The Morgan fingerprint density at radius 3 is 2.42 bits per heavy atom. The number of hydrazone groups is 1. The van der Waals surface area contributed by atoms with Gasteiger partial charge in [0.1, 0.15) is 0 Å². The van der Waals surface area contributed by atoms with Crippen molar-refractivity contribution < 1.29 is 19.3 Å². The molecule has 6 nitrogen and oxygen atoms in total. The molecule has 0 saturated carbocycles. The predicted molar refractivity (Wildman–Crippen MR) is 101 cm³/mol. The van der Waals surface area contributed by atoms with E-state index >= 15 is 0 Å². The van der Waals surface area contributed by atoms with Gasteiger partial charge in [0.25, 0.3) is 0 Å². The standard InChI is InChI=1S/C17H19IN2O4/c1-22-14-5-4-11(7-15(14)23-2)9-19-20-10-12-6-13(18)17(21)16(8-12)24-3/h4-8,10,19,21H,9H2,1-3H3/b20-10-. The number of aromatic hydroxyl groups is 1. The Morgan fingerprint density at radius 1 is 1.04 bits per heavy atom. The fraction of sp³-hybridized carbons (Fsp3) is 0.235. The van der Waals surface area contributed by atoms with Crippen LogP contribution in [-0.2, 0) is 6.54 Å². The van der Waals surface area contributed by atoms with Gasteiger partial charge in [0, 0.05) is 0 Å². The van der Waals surface area contributed by atoms with Gasteiger partial charge < -0.3 is 24.7 Å². The van der Waals surface area contributed by atoms with E-state index < -0.39 is 0 Å². The molecule has 24 heavy (non-hydrogen) atoms. The molecule has 0 fully saturated rings. The zero-order chi connectivity index (χ0) is 17.5. The summed E-state index contributed by atoms with van der Waals surface area (Å²) in [4.78, 5) is 0. The summed E-state index contributed by atoms with van der Waals surface area (Å²) in [5.74, 6) is 1.92. The monoisotopic (exact) mass is 442 g/mol. The molecule has 0 aliphatic rings. The van der Waals surface area contributed by atoms with Crippen molar-refractivity contribution in [2.75, 3.05) is 21.3 Å². The second-order valence-corrected chi connectivity index (χ2v) is 6.00. The van der Waals surface area contributed by atoms with E-state index in [1.807, 2.05) is 46.9 Å². The molecule has 0 aliphatic heterocycles. The molecular formula is C17H19IN2O4. The highest BCUT2D eigenvalue weighted by Gasteiger charge is 2.07. The Morgan fingerprint density at radius 2 is 1.75 bits per heavy atom. The fourth-order valence-electron chi connectivity index (χ4n) is 2.07. The van der Waals surface area contributed by atoms with Gasteiger partial charge in [0.2, 0.25) is 0 Å². The summed E-state index contributed by atoms with van der Waals surface area (Å²) < 4.78 is 16.3. The van der Waals surface area contributed by atoms with Crippen molar-refractivity contribution in [2.45, 2.75) is 6.54 Å². The molecule has 0 unspecified atom stereocenters. The second-order valence-electron chi connectivity index (χ2n) is 4.84. The zero-order valence-corrected chi connectivity index (χ0v) is 15.8. The number of benzene rings is 2. The van der Waals surface area contributed by atoms with Gasteiger partial charge in [0.05, 0.1) is 37.7 Å². The lowest BCUT2D eigenvalue weighted by Crippen LogP contribution is -2.06. The highest BCUT2D eigenvalue weighted by Crippen LogP contribution is 2.31. The number of methoxy groups -OCH3 is 3.